The number of hydrazine groups is 1. The van der Waals surface area contributed by atoms with Crippen LogP contribution in [0.3, 0.4) is 0 Å². The van der Waals surface area contributed by atoms with Gasteiger partial charge in [0.05, 0.1) is 0 Å². The molecule has 0 aromatic heterocycles. The molecule has 0 aliphatic carbocycles. The summed E-state index contributed by atoms with van der Waals surface area (Å²) < 4.78 is 0. The van der Waals surface area contributed by atoms with Crippen molar-refractivity contribution in [2.75, 3.05) is 13.1 Å². The molecule has 0 spiro atoms. The summed E-state index contributed by atoms with van der Waals surface area (Å²) in [5.41, 5.74) is 3.21. The summed E-state index contributed by atoms with van der Waals surface area (Å²) in [5.74, 6) is 5.79. The second-order valence-corrected chi connectivity index (χ2v) is 4.57. The summed E-state index contributed by atoms with van der Waals surface area (Å²) in [4.78, 5) is 2.54. The molecule has 0 bridgehead atoms. The van der Waals surface area contributed by atoms with Crippen molar-refractivity contribution in [2.24, 2.45) is 5.84 Å². The molecule has 3 heteroatoms. The van der Waals surface area contributed by atoms with Crippen LogP contribution in [0.2, 0.25) is 0 Å². The van der Waals surface area contributed by atoms with E-state index in [0.29, 0.717) is 6.04 Å². The molecule has 102 valence electrons. The fourth-order valence-corrected chi connectivity index (χ4v) is 3.06. The van der Waals surface area contributed by atoms with E-state index in [1.807, 2.05) is 6.08 Å². The van der Waals surface area contributed by atoms with Crippen molar-refractivity contribution in [1.82, 2.24) is 10.3 Å². The van der Waals surface area contributed by atoms with Crippen LogP contribution in [0.4, 0.5) is 0 Å². The number of hydrogen-bond donors (Lipinski definition) is 2. The highest BCUT2D eigenvalue weighted by molar-refractivity contribution is 4.98. The molecule has 0 radical (unpaired) electrons. The SMILES string of the molecule is C=CCCC(NN)C(CC)(CC)N(CC)CC. The monoisotopic (exact) mass is 241 g/mol. The first-order valence-electron chi connectivity index (χ1n) is 6.98. The first kappa shape index (κ1) is 16.6. The molecule has 1 atom stereocenters. The van der Waals surface area contributed by atoms with Crippen LogP contribution in [0.25, 0.3) is 0 Å². The maximum absolute atomic E-state index is 5.79. The summed E-state index contributed by atoms with van der Waals surface area (Å²) in [5, 5.41) is 0. The summed E-state index contributed by atoms with van der Waals surface area (Å²) >= 11 is 0. The quantitative estimate of drug-likeness (QED) is 0.351. The Labute approximate surface area is 107 Å². The molecule has 0 rings (SSSR count). The van der Waals surface area contributed by atoms with E-state index in [1.165, 1.54) is 0 Å². The van der Waals surface area contributed by atoms with Gasteiger partial charge in [-0.15, -0.1) is 6.58 Å². The van der Waals surface area contributed by atoms with Crippen LogP contribution in [-0.2, 0) is 0 Å². The van der Waals surface area contributed by atoms with Gasteiger partial charge in [-0.3, -0.25) is 16.2 Å². The molecule has 0 saturated heterocycles. The van der Waals surface area contributed by atoms with Crippen LogP contribution in [0.15, 0.2) is 12.7 Å². The Morgan fingerprint density at radius 2 is 1.76 bits per heavy atom. The van der Waals surface area contributed by atoms with E-state index in [9.17, 15) is 0 Å². The highest BCUT2D eigenvalue weighted by atomic mass is 15.3. The molecule has 0 saturated carbocycles. The maximum Gasteiger partial charge on any atom is 0.0397 e. The fourth-order valence-electron chi connectivity index (χ4n) is 3.06. The van der Waals surface area contributed by atoms with Crippen molar-refractivity contribution >= 4 is 0 Å². The summed E-state index contributed by atoms with van der Waals surface area (Å²) in [6.07, 6.45) is 6.28. The van der Waals surface area contributed by atoms with E-state index >= 15 is 0 Å². The van der Waals surface area contributed by atoms with Crippen LogP contribution >= 0.6 is 0 Å². The van der Waals surface area contributed by atoms with Crippen molar-refractivity contribution < 1.29 is 0 Å². The predicted octanol–water partition coefficient (Wildman–Crippen LogP) is 2.69. The van der Waals surface area contributed by atoms with Gasteiger partial charge in [0.25, 0.3) is 0 Å². The zero-order valence-electron chi connectivity index (χ0n) is 12.1. The van der Waals surface area contributed by atoms with Crippen molar-refractivity contribution in [2.45, 2.75) is 65.0 Å². The molecular formula is C14H31N3. The van der Waals surface area contributed by atoms with Crippen LogP contribution < -0.4 is 11.3 Å². The molecule has 0 aromatic rings. The minimum atomic E-state index is 0.168. The van der Waals surface area contributed by atoms with Gasteiger partial charge in [-0.1, -0.05) is 33.8 Å². The van der Waals surface area contributed by atoms with Crippen molar-refractivity contribution in [3.05, 3.63) is 12.7 Å². The van der Waals surface area contributed by atoms with E-state index in [4.69, 9.17) is 5.84 Å². The Kier molecular flexibility index (Phi) is 8.48. The minimum Gasteiger partial charge on any atom is -0.297 e. The number of rotatable bonds is 10. The number of likely N-dealkylation sites (N-methyl/N-ethyl adjacent to an activating group) is 1. The van der Waals surface area contributed by atoms with Gasteiger partial charge in [-0.05, 0) is 38.8 Å². The Bertz CT molecular complexity index is 196. The average Bonchev–Trinajstić information content (AvgIpc) is 2.38. The molecular weight excluding hydrogens is 210 g/mol. The van der Waals surface area contributed by atoms with Gasteiger partial charge >= 0.3 is 0 Å². The highest BCUT2D eigenvalue weighted by Gasteiger charge is 2.38. The van der Waals surface area contributed by atoms with Gasteiger partial charge < -0.3 is 0 Å². The number of hydrogen-bond acceptors (Lipinski definition) is 3. The van der Waals surface area contributed by atoms with E-state index in [-0.39, 0.29) is 5.54 Å². The van der Waals surface area contributed by atoms with Gasteiger partial charge in [0.1, 0.15) is 0 Å². The molecule has 0 aromatic carbocycles. The van der Waals surface area contributed by atoms with Gasteiger partial charge in [-0.25, -0.2) is 0 Å². The summed E-state index contributed by atoms with van der Waals surface area (Å²) in [6, 6.07) is 0.329. The van der Waals surface area contributed by atoms with Crippen LogP contribution in [-0.4, -0.2) is 29.6 Å². The molecule has 3 nitrogen and oxygen atoms in total. The van der Waals surface area contributed by atoms with Crippen molar-refractivity contribution in [3.63, 3.8) is 0 Å². The largest absolute Gasteiger partial charge is 0.297 e. The lowest BCUT2D eigenvalue weighted by Gasteiger charge is -2.47. The second-order valence-electron chi connectivity index (χ2n) is 4.57. The summed E-state index contributed by atoms with van der Waals surface area (Å²) in [6.45, 7) is 14.9. The van der Waals surface area contributed by atoms with Crippen LogP contribution in [0, 0.1) is 0 Å². The van der Waals surface area contributed by atoms with Gasteiger partial charge in [0.15, 0.2) is 0 Å². The Morgan fingerprint density at radius 3 is 2.06 bits per heavy atom. The zero-order chi connectivity index (χ0) is 13.3. The third-order valence-electron chi connectivity index (χ3n) is 4.13. The molecule has 3 N–H and O–H groups in total. The molecule has 0 fully saturated rings. The zero-order valence-corrected chi connectivity index (χ0v) is 12.1. The van der Waals surface area contributed by atoms with E-state index in [2.05, 4.69) is 44.6 Å². The third-order valence-corrected chi connectivity index (χ3v) is 4.13. The average molecular weight is 241 g/mol. The summed E-state index contributed by atoms with van der Waals surface area (Å²) in [7, 11) is 0. The van der Waals surface area contributed by atoms with Crippen LogP contribution in [0.5, 0.6) is 0 Å². The van der Waals surface area contributed by atoms with Crippen molar-refractivity contribution in [1.29, 1.82) is 0 Å². The number of nitrogens with one attached hydrogen (secondary N) is 1. The Morgan fingerprint density at radius 1 is 1.24 bits per heavy atom. The molecule has 17 heavy (non-hydrogen) atoms. The number of nitrogens with two attached hydrogens (primary N) is 1. The van der Waals surface area contributed by atoms with Gasteiger partial charge in [0.2, 0.25) is 0 Å². The third kappa shape index (κ3) is 3.80. The molecule has 0 aliphatic rings. The highest BCUT2D eigenvalue weighted by Crippen LogP contribution is 2.30. The number of nitrogens with zero attached hydrogens (tertiary/aromatic N) is 1. The van der Waals surface area contributed by atoms with E-state index in [1.54, 1.807) is 0 Å². The van der Waals surface area contributed by atoms with Crippen LogP contribution in [0.1, 0.15) is 53.4 Å². The van der Waals surface area contributed by atoms with E-state index < -0.39 is 0 Å². The predicted molar refractivity (Wildman–Crippen MR) is 76.8 cm³/mol. The fraction of sp³-hybridized carbons (Fsp3) is 0.857. The molecule has 1 unspecified atom stereocenters. The first-order chi connectivity index (χ1) is 8.16. The molecule has 0 amide bonds. The maximum atomic E-state index is 5.79. The topological polar surface area (TPSA) is 41.3 Å². The Balaban J connectivity index is 5.03. The normalized spacial score (nSPS) is 14.0. The Hall–Kier alpha value is -0.380. The lowest BCUT2D eigenvalue weighted by atomic mass is 9.80. The lowest BCUT2D eigenvalue weighted by molar-refractivity contribution is 0.0464. The minimum absolute atomic E-state index is 0.168. The standard InChI is InChI=1S/C14H31N3/c1-6-11-12-13(16-15)14(7-2,8-3)17(9-4)10-5/h6,13,16H,1,7-12,15H2,2-5H3. The first-order valence-corrected chi connectivity index (χ1v) is 6.98. The molecule has 0 heterocycles. The number of allylic oxidation sites excluding steroid dienone is 1. The lowest BCUT2D eigenvalue weighted by Crippen LogP contribution is -2.62. The second kappa shape index (κ2) is 8.67. The molecule has 0 aliphatic heterocycles. The van der Waals surface area contributed by atoms with E-state index in [0.717, 1.165) is 38.8 Å². The van der Waals surface area contributed by atoms with Crippen molar-refractivity contribution in [3.8, 4) is 0 Å². The smallest absolute Gasteiger partial charge is 0.0397 e. The van der Waals surface area contributed by atoms with Gasteiger partial charge in [0, 0.05) is 11.6 Å². The van der Waals surface area contributed by atoms with Gasteiger partial charge in [-0.2, -0.15) is 0 Å².